The highest BCUT2D eigenvalue weighted by Gasteiger charge is 2.29. The molecule has 6 nitrogen and oxygen atoms in total. The van der Waals surface area contributed by atoms with Gasteiger partial charge in [0, 0.05) is 39.6 Å². The first-order valence-corrected chi connectivity index (χ1v) is 7.79. The van der Waals surface area contributed by atoms with Crippen LogP contribution in [0.15, 0.2) is 0 Å². The Kier molecular flexibility index (Phi) is 6.45. The molecular formula is C15H29N3O3. The number of hydrogen-bond donors (Lipinski definition) is 2. The van der Waals surface area contributed by atoms with Gasteiger partial charge in [-0.05, 0) is 25.7 Å². The quantitative estimate of drug-likeness (QED) is 0.797. The molecule has 2 N–H and O–H groups in total. The van der Waals surface area contributed by atoms with Crippen molar-refractivity contribution in [2.75, 3.05) is 33.7 Å². The summed E-state index contributed by atoms with van der Waals surface area (Å²) in [6, 6.07) is 0.000185. The number of carbonyl (C=O) groups is 2. The van der Waals surface area contributed by atoms with Gasteiger partial charge in [0.05, 0.1) is 5.60 Å². The molecule has 6 heteroatoms. The van der Waals surface area contributed by atoms with E-state index in [1.54, 1.807) is 23.9 Å². The van der Waals surface area contributed by atoms with Crippen LogP contribution in [0, 0.1) is 5.92 Å². The molecule has 21 heavy (non-hydrogen) atoms. The Morgan fingerprint density at radius 2 is 1.76 bits per heavy atom. The van der Waals surface area contributed by atoms with Crippen LogP contribution in [0.25, 0.3) is 0 Å². The van der Waals surface area contributed by atoms with Crippen LogP contribution in [0.2, 0.25) is 0 Å². The highest BCUT2D eigenvalue weighted by molar-refractivity contribution is 5.79. The zero-order valence-corrected chi connectivity index (χ0v) is 13.7. The Hall–Kier alpha value is -1.30. The fourth-order valence-corrected chi connectivity index (χ4v) is 2.51. The number of carbonyl (C=O) groups excluding carboxylic acids is 2. The largest absolute Gasteiger partial charge is 0.388 e. The molecule has 0 radical (unpaired) electrons. The third-order valence-electron chi connectivity index (χ3n) is 4.43. The summed E-state index contributed by atoms with van der Waals surface area (Å²) in [6.45, 7) is 5.36. The molecule has 0 aromatic heterocycles. The van der Waals surface area contributed by atoms with E-state index in [-0.39, 0.29) is 17.9 Å². The zero-order chi connectivity index (χ0) is 16.0. The van der Waals surface area contributed by atoms with Crippen LogP contribution in [0.5, 0.6) is 0 Å². The average molecular weight is 299 g/mol. The van der Waals surface area contributed by atoms with Crippen LogP contribution in [0.3, 0.4) is 0 Å². The molecule has 1 saturated heterocycles. The van der Waals surface area contributed by atoms with E-state index in [0.717, 1.165) is 0 Å². The highest BCUT2D eigenvalue weighted by atomic mass is 16.3. The van der Waals surface area contributed by atoms with Crippen molar-refractivity contribution < 1.29 is 14.7 Å². The predicted molar refractivity (Wildman–Crippen MR) is 81.9 cm³/mol. The van der Waals surface area contributed by atoms with Crippen molar-refractivity contribution in [1.82, 2.24) is 15.1 Å². The van der Waals surface area contributed by atoms with Gasteiger partial charge in [-0.2, -0.15) is 0 Å². The topological polar surface area (TPSA) is 72.9 Å². The van der Waals surface area contributed by atoms with Crippen molar-refractivity contribution in [1.29, 1.82) is 0 Å². The Morgan fingerprint density at radius 3 is 2.19 bits per heavy atom. The van der Waals surface area contributed by atoms with Crippen molar-refractivity contribution in [3.63, 3.8) is 0 Å². The van der Waals surface area contributed by atoms with Crippen LogP contribution in [-0.4, -0.2) is 66.2 Å². The maximum atomic E-state index is 12.2. The van der Waals surface area contributed by atoms with Crippen molar-refractivity contribution in [2.45, 2.75) is 45.1 Å². The number of urea groups is 1. The first-order valence-electron chi connectivity index (χ1n) is 7.79. The molecule has 0 spiro atoms. The van der Waals surface area contributed by atoms with E-state index in [2.05, 4.69) is 5.32 Å². The summed E-state index contributed by atoms with van der Waals surface area (Å²) in [7, 11) is 3.47. The van der Waals surface area contributed by atoms with Gasteiger partial charge in [0.25, 0.3) is 0 Å². The SMILES string of the molecule is CCC(O)(CC)CNC(=O)C1CCN(C(=O)N(C)C)CC1. The van der Waals surface area contributed by atoms with Gasteiger partial charge in [0.1, 0.15) is 0 Å². The summed E-state index contributed by atoms with van der Waals surface area (Å²) in [5.41, 5.74) is -0.808. The second-order valence-electron chi connectivity index (χ2n) is 6.09. The first kappa shape index (κ1) is 17.8. The number of aliphatic hydroxyl groups is 1. The standard InChI is InChI=1S/C15H29N3O3/c1-5-15(21,6-2)11-16-13(19)12-7-9-18(10-8-12)14(20)17(3)4/h12,21H,5-11H2,1-4H3,(H,16,19). The van der Waals surface area contributed by atoms with E-state index in [9.17, 15) is 14.7 Å². The van der Waals surface area contributed by atoms with Crippen LogP contribution in [-0.2, 0) is 4.79 Å². The van der Waals surface area contributed by atoms with E-state index >= 15 is 0 Å². The number of nitrogens with one attached hydrogen (secondary N) is 1. The molecule has 0 aromatic rings. The van der Waals surface area contributed by atoms with Crippen molar-refractivity contribution in [3.8, 4) is 0 Å². The highest BCUT2D eigenvalue weighted by Crippen LogP contribution is 2.19. The van der Waals surface area contributed by atoms with E-state index in [4.69, 9.17) is 0 Å². The summed E-state index contributed by atoms with van der Waals surface area (Å²) in [5, 5.41) is 13.0. The third kappa shape index (κ3) is 4.88. The molecule has 3 amide bonds. The lowest BCUT2D eigenvalue weighted by atomic mass is 9.94. The minimum absolute atomic E-state index is 0.000185. The van der Waals surface area contributed by atoms with Gasteiger partial charge in [0.2, 0.25) is 5.91 Å². The number of amides is 3. The lowest BCUT2D eigenvalue weighted by Crippen LogP contribution is -2.48. The van der Waals surface area contributed by atoms with Gasteiger partial charge in [-0.25, -0.2) is 4.79 Å². The number of hydrogen-bond acceptors (Lipinski definition) is 3. The monoisotopic (exact) mass is 299 g/mol. The molecule has 1 heterocycles. The van der Waals surface area contributed by atoms with Crippen molar-refractivity contribution in [3.05, 3.63) is 0 Å². The third-order valence-corrected chi connectivity index (χ3v) is 4.43. The second kappa shape index (κ2) is 7.64. The molecule has 0 saturated carbocycles. The Bertz CT molecular complexity index is 359. The summed E-state index contributed by atoms with van der Waals surface area (Å²) in [6.07, 6.45) is 2.61. The molecule has 122 valence electrons. The number of likely N-dealkylation sites (tertiary alicyclic amines) is 1. The summed E-state index contributed by atoms with van der Waals surface area (Å²) < 4.78 is 0. The van der Waals surface area contributed by atoms with Crippen LogP contribution in [0.4, 0.5) is 4.79 Å². The van der Waals surface area contributed by atoms with Gasteiger partial charge in [-0.3, -0.25) is 4.79 Å². The molecule has 1 rings (SSSR count). The van der Waals surface area contributed by atoms with Crippen LogP contribution < -0.4 is 5.32 Å². The zero-order valence-electron chi connectivity index (χ0n) is 13.7. The van der Waals surface area contributed by atoms with Crippen molar-refractivity contribution >= 4 is 11.9 Å². The molecule has 0 aliphatic carbocycles. The molecular weight excluding hydrogens is 270 g/mol. The number of rotatable bonds is 5. The molecule has 1 fully saturated rings. The second-order valence-corrected chi connectivity index (χ2v) is 6.09. The smallest absolute Gasteiger partial charge is 0.319 e. The van der Waals surface area contributed by atoms with E-state index in [1.165, 1.54) is 0 Å². The Labute approximate surface area is 127 Å². The fraction of sp³-hybridized carbons (Fsp3) is 0.867. The molecule has 0 unspecified atom stereocenters. The maximum Gasteiger partial charge on any atom is 0.319 e. The molecule has 1 aliphatic heterocycles. The van der Waals surface area contributed by atoms with Gasteiger partial charge < -0.3 is 20.2 Å². The van der Waals surface area contributed by atoms with E-state index in [1.807, 2.05) is 13.8 Å². The maximum absolute atomic E-state index is 12.2. The normalized spacial score (nSPS) is 16.7. The molecule has 0 bridgehead atoms. The molecule has 1 aliphatic rings. The summed E-state index contributed by atoms with van der Waals surface area (Å²) in [5.74, 6) is -0.0681. The van der Waals surface area contributed by atoms with E-state index < -0.39 is 5.60 Å². The summed E-state index contributed by atoms with van der Waals surface area (Å²) >= 11 is 0. The summed E-state index contributed by atoms with van der Waals surface area (Å²) in [4.78, 5) is 27.3. The van der Waals surface area contributed by atoms with Crippen LogP contribution in [0.1, 0.15) is 39.5 Å². The van der Waals surface area contributed by atoms with Gasteiger partial charge in [-0.15, -0.1) is 0 Å². The van der Waals surface area contributed by atoms with Gasteiger partial charge >= 0.3 is 6.03 Å². The fourth-order valence-electron chi connectivity index (χ4n) is 2.51. The van der Waals surface area contributed by atoms with Gasteiger partial charge in [-0.1, -0.05) is 13.8 Å². The first-order chi connectivity index (χ1) is 9.83. The van der Waals surface area contributed by atoms with Gasteiger partial charge in [0.15, 0.2) is 0 Å². The lowest BCUT2D eigenvalue weighted by molar-refractivity contribution is -0.127. The minimum atomic E-state index is -0.808. The predicted octanol–water partition coefficient (Wildman–Crippen LogP) is 1.05. The Balaban J connectivity index is 2.40. The number of piperidine rings is 1. The minimum Gasteiger partial charge on any atom is -0.388 e. The number of nitrogens with zero attached hydrogens (tertiary/aromatic N) is 2. The molecule has 0 aromatic carbocycles. The molecule has 0 atom stereocenters. The lowest BCUT2D eigenvalue weighted by Gasteiger charge is -2.33. The average Bonchev–Trinajstić information content (AvgIpc) is 2.51. The van der Waals surface area contributed by atoms with Crippen molar-refractivity contribution in [2.24, 2.45) is 5.92 Å². The Morgan fingerprint density at radius 1 is 1.24 bits per heavy atom. The van der Waals surface area contributed by atoms with Crippen LogP contribution >= 0.6 is 0 Å². The van der Waals surface area contributed by atoms with E-state index in [0.29, 0.717) is 45.3 Å².